The molecule has 1 aliphatic rings. The van der Waals surface area contributed by atoms with Crippen molar-refractivity contribution in [3.63, 3.8) is 0 Å². The highest BCUT2D eigenvalue weighted by atomic mass is 15.2. The van der Waals surface area contributed by atoms with Crippen LogP contribution in [0.5, 0.6) is 0 Å². The predicted octanol–water partition coefficient (Wildman–Crippen LogP) is 1.30. The second-order valence-corrected chi connectivity index (χ2v) is 4.63. The van der Waals surface area contributed by atoms with Crippen LogP contribution in [-0.4, -0.2) is 34.1 Å². The number of nitrogens with zero attached hydrogens (tertiary/aromatic N) is 3. The minimum atomic E-state index is 0.339. The quantitative estimate of drug-likeness (QED) is 0.838. The van der Waals surface area contributed by atoms with E-state index in [2.05, 4.69) is 14.5 Å². The fourth-order valence-corrected chi connectivity index (χ4v) is 2.55. The number of nitrogens with two attached hydrogens (primary N) is 1. The molecule has 2 heterocycles. The van der Waals surface area contributed by atoms with Gasteiger partial charge in [-0.3, -0.25) is 4.90 Å². The number of likely N-dealkylation sites (tertiary alicyclic amines) is 1. The lowest BCUT2D eigenvalue weighted by Gasteiger charge is -2.29. The van der Waals surface area contributed by atoms with Crippen LogP contribution in [0.25, 0.3) is 0 Å². The molecule has 2 N–H and O–H groups in total. The smallest absolute Gasteiger partial charge is 0.0946 e. The van der Waals surface area contributed by atoms with Gasteiger partial charge in [0.25, 0.3) is 0 Å². The third-order valence-corrected chi connectivity index (χ3v) is 3.50. The summed E-state index contributed by atoms with van der Waals surface area (Å²) in [6, 6.07) is 0.339. The fourth-order valence-electron chi connectivity index (χ4n) is 2.55. The fraction of sp³-hybridized carbons (Fsp3) is 0.750. The molecule has 2 rings (SSSR count). The Kier molecular flexibility index (Phi) is 3.96. The van der Waals surface area contributed by atoms with Crippen molar-refractivity contribution in [2.75, 3.05) is 19.6 Å². The molecule has 0 aliphatic carbocycles. The Hall–Kier alpha value is -0.870. The van der Waals surface area contributed by atoms with E-state index in [1.54, 1.807) is 0 Å². The average Bonchev–Trinajstić information content (AvgIpc) is 2.57. The molecule has 4 heteroatoms. The Balaban J connectivity index is 2.12. The Morgan fingerprint density at radius 1 is 1.31 bits per heavy atom. The van der Waals surface area contributed by atoms with Gasteiger partial charge >= 0.3 is 0 Å². The van der Waals surface area contributed by atoms with Gasteiger partial charge in [-0.1, -0.05) is 12.8 Å². The van der Waals surface area contributed by atoms with Crippen molar-refractivity contribution in [3.8, 4) is 0 Å². The van der Waals surface area contributed by atoms with Gasteiger partial charge in [-0.2, -0.15) is 0 Å². The molecule has 1 unspecified atom stereocenters. The van der Waals surface area contributed by atoms with Gasteiger partial charge in [0.15, 0.2) is 0 Å². The molecule has 1 aromatic heterocycles. The van der Waals surface area contributed by atoms with E-state index in [0.717, 1.165) is 0 Å². The van der Waals surface area contributed by atoms with E-state index < -0.39 is 0 Å². The van der Waals surface area contributed by atoms with E-state index in [1.807, 2.05) is 19.6 Å². The second kappa shape index (κ2) is 5.46. The van der Waals surface area contributed by atoms with Gasteiger partial charge in [0, 0.05) is 19.8 Å². The van der Waals surface area contributed by atoms with Crippen LogP contribution < -0.4 is 5.73 Å². The van der Waals surface area contributed by atoms with Crippen molar-refractivity contribution in [2.24, 2.45) is 12.8 Å². The maximum absolute atomic E-state index is 5.93. The molecule has 1 saturated heterocycles. The van der Waals surface area contributed by atoms with E-state index in [-0.39, 0.29) is 0 Å². The number of hydrogen-bond acceptors (Lipinski definition) is 3. The standard InChI is InChI=1S/C12H22N4/c1-15-10-14-9-12(15)11(8-13)16-6-4-2-3-5-7-16/h9-11H,2-8,13H2,1H3. The topological polar surface area (TPSA) is 47.1 Å². The zero-order chi connectivity index (χ0) is 11.4. The summed E-state index contributed by atoms with van der Waals surface area (Å²) >= 11 is 0. The number of imidazole rings is 1. The van der Waals surface area contributed by atoms with Crippen molar-refractivity contribution in [1.29, 1.82) is 0 Å². The van der Waals surface area contributed by atoms with Crippen molar-refractivity contribution < 1.29 is 0 Å². The van der Waals surface area contributed by atoms with E-state index in [0.29, 0.717) is 12.6 Å². The zero-order valence-electron chi connectivity index (χ0n) is 10.1. The van der Waals surface area contributed by atoms with E-state index in [9.17, 15) is 0 Å². The van der Waals surface area contributed by atoms with Crippen LogP contribution in [0.15, 0.2) is 12.5 Å². The van der Waals surface area contributed by atoms with Crippen molar-refractivity contribution in [1.82, 2.24) is 14.5 Å². The summed E-state index contributed by atoms with van der Waals surface area (Å²) in [5.41, 5.74) is 7.17. The van der Waals surface area contributed by atoms with E-state index >= 15 is 0 Å². The first kappa shape index (κ1) is 11.6. The van der Waals surface area contributed by atoms with Gasteiger partial charge in [0.1, 0.15) is 0 Å². The normalized spacial score (nSPS) is 20.6. The number of aryl methyl sites for hydroxylation is 1. The lowest BCUT2D eigenvalue weighted by molar-refractivity contribution is 0.203. The highest BCUT2D eigenvalue weighted by Gasteiger charge is 2.22. The second-order valence-electron chi connectivity index (χ2n) is 4.63. The van der Waals surface area contributed by atoms with Crippen LogP contribution in [0.2, 0.25) is 0 Å². The number of aromatic nitrogens is 2. The zero-order valence-corrected chi connectivity index (χ0v) is 10.1. The third-order valence-electron chi connectivity index (χ3n) is 3.50. The average molecular weight is 222 g/mol. The number of hydrogen-bond donors (Lipinski definition) is 1. The third kappa shape index (κ3) is 2.44. The van der Waals surface area contributed by atoms with Gasteiger partial charge in [-0.15, -0.1) is 0 Å². The van der Waals surface area contributed by atoms with Crippen LogP contribution in [0.4, 0.5) is 0 Å². The van der Waals surface area contributed by atoms with Gasteiger partial charge in [-0.05, 0) is 25.9 Å². The van der Waals surface area contributed by atoms with Crippen molar-refractivity contribution in [2.45, 2.75) is 31.7 Å². The molecule has 1 atom stereocenters. The molecule has 1 aliphatic heterocycles. The maximum Gasteiger partial charge on any atom is 0.0946 e. The van der Waals surface area contributed by atoms with Gasteiger partial charge in [0.2, 0.25) is 0 Å². The Labute approximate surface area is 97.4 Å². The highest BCUT2D eigenvalue weighted by Crippen LogP contribution is 2.22. The molecule has 0 aromatic carbocycles. The van der Waals surface area contributed by atoms with Crippen LogP contribution >= 0.6 is 0 Å². The molecule has 1 aromatic rings. The summed E-state index contributed by atoms with van der Waals surface area (Å²) in [6.07, 6.45) is 9.12. The lowest BCUT2D eigenvalue weighted by Crippen LogP contribution is -2.35. The molecule has 0 amide bonds. The predicted molar refractivity (Wildman–Crippen MR) is 65.0 cm³/mol. The molecular weight excluding hydrogens is 200 g/mol. The van der Waals surface area contributed by atoms with Crippen molar-refractivity contribution in [3.05, 3.63) is 18.2 Å². The van der Waals surface area contributed by atoms with E-state index in [1.165, 1.54) is 44.5 Å². The van der Waals surface area contributed by atoms with Crippen LogP contribution in [0.3, 0.4) is 0 Å². The Bertz CT molecular complexity index is 313. The molecule has 0 saturated carbocycles. The molecule has 0 spiro atoms. The molecular formula is C12H22N4. The minimum Gasteiger partial charge on any atom is -0.336 e. The lowest BCUT2D eigenvalue weighted by atomic mass is 10.1. The van der Waals surface area contributed by atoms with Crippen LogP contribution in [0, 0.1) is 0 Å². The van der Waals surface area contributed by atoms with Gasteiger partial charge < -0.3 is 10.3 Å². The number of rotatable bonds is 3. The van der Waals surface area contributed by atoms with Gasteiger partial charge in [-0.25, -0.2) is 4.98 Å². The van der Waals surface area contributed by atoms with Crippen molar-refractivity contribution >= 4 is 0 Å². The molecule has 4 nitrogen and oxygen atoms in total. The summed E-state index contributed by atoms with van der Waals surface area (Å²) in [5, 5.41) is 0. The molecule has 0 radical (unpaired) electrons. The summed E-state index contributed by atoms with van der Waals surface area (Å²) in [6.45, 7) is 3.03. The largest absolute Gasteiger partial charge is 0.336 e. The highest BCUT2D eigenvalue weighted by molar-refractivity contribution is 5.06. The SMILES string of the molecule is Cn1cncc1C(CN)N1CCCCCC1. The van der Waals surface area contributed by atoms with Crippen LogP contribution in [-0.2, 0) is 7.05 Å². The Morgan fingerprint density at radius 2 is 2.00 bits per heavy atom. The molecule has 16 heavy (non-hydrogen) atoms. The monoisotopic (exact) mass is 222 g/mol. The summed E-state index contributed by atoms with van der Waals surface area (Å²) in [4.78, 5) is 6.71. The first-order valence-electron chi connectivity index (χ1n) is 6.23. The first-order chi connectivity index (χ1) is 7.83. The summed E-state index contributed by atoms with van der Waals surface area (Å²) in [5.74, 6) is 0. The summed E-state index contributed by atoms with van der Waals surface area (Å²) in [7, 11) is 2.04. The molecule has 0 bridgehead atoms. The molecule has 90 valence electrons. The Morgan fingerprint density at radius 3 is 2.50 bits per heavy atom. The van der Waals surface area contributed by atoms with Crippen LogP contribution in [0.1, 0.15) is 37.4 Å². The molecule has 1 fully saturated rings. The minimum absolute atomic E-state index is 0.339. The van der Waals surface area contributed by atoms with Gasteiger partial charge in [0.05, 0.1) is 18.1 Å². The summed E-state index contributed by atoms with van der Waals surface area (Å²) < 4.78 is 2.09. The van der Waals surface area contributed by atoms with E-state index in [4.69, 9.17) is 5.73 Å². The maximum atomic E-state index is 5.93. The first-order valence-corrected chi connectivity index (χ1v) is 6.23.